The summed E-state index contributed by atoms with van der Waals surface area (Å²) in [6.07, 6.45) is 4.43. The molecule has 0 N–H and O–H groups in total. The van der Waals surface area contributed by atoms with E-state index in [0.717, 1.165) is 0 Å². The zero-order valence-corrected chi connectivity index (χ0v) is 8.84. The Balaban J connectivity index is 2.71. The lowest BCUT2D eigenvalue weighted by atomic mass is 10.1. The largest absolute Gasteiger partial charge is 0.0651 e. The smallest absolute Gasteiger partial charge is 0.0183 e. The Kier molecular flexibility index (Phi) is 4.09. The minimum absolute atomic E-state index is 1.18. The molecule has 0 saturated carbocycles. The maximum atomic E-state index is 3.25. The lowest BCUT2D eigenvalue weighted by Gasteiger charge is -1.98. The molecule has 0 heterocycles. The molecule has 0 bridgehead atoms. The molecule has 0 fully saturated rings. The normalized spacial score (nSPS) is 10.8. The number of benzene rings is 1. The van der Waals surface area contributed by atoms with Crippen molar-refractivity contribution < 1.29 is 0 Å². The number of hydrogen-bond acceptors (Lipinski definition) is 0. The molecule has 1 rings (SSSR count). The summed E-state index contributed by atoms with van der Waals surface area (Å²) in [6.45, 7) is 2.20. The molecule has 1 heteroatoms. The number of halogens is 1. The highest BCUT2D eigenvalue weighted by atomic mass is 79.9. The summed E-state index contributed by atoms with van der Waals surface area (Å²) in [5, 5.41) is 0. The van der Waals surface area contributed by atoms with Gasteiger partial charge in [0, 0.05) is 0 Å². The van der Waals surface area contributed by atoms with E-state index in [0.29, 0.717) is 0 Å². The standard InChI is InChI=1S/C11H13Br/c1-2-3-10-4-6-11(7-5-10)8-9-12/h4-9H,2-3H2,1H3/b9-8+. The van der Waals surface area contributed by atoms with Crippen LogP contribution in [0.15, 0.2) is 29.3 Å². The topological polar surface area (TPSA) is 0 Å². The first kappa shape index (κ1) is 9.53. The third kappa shape index (κ3) is 2.82. The third-order valence-corrected chi connectivity index (χ3v) is 2.04. The fourth-order valence-electron chi connectivity index (χ4n) is 1.16. The molecule has 0 aromatic heterocycles. The highest BCUT2D eigenvalue weighted by Crippen LogP contribution is 2.08. The van der Waals surface area contributed by atoms with Crippen LogP contribution in [0, 0.1) is 0 Å². The van der Waals surface area contributed by atoms with Crippen LogP contribution in [0.4, 0.5) is 0 Å². The molecular formula is C11H13Br. The van der Waals surface area contributed by atoms with Gasteiger partial charge in [-0.15, -0.1) is 0 Å². The van der Waals surface area contributed by atoms with Crippen LogP contribution >= 0.6 is 15.9 Å². The van der Waals surface area contributed by atoms with Gasteiger partial charge in [0.1, 0.15) is 0 Å². The summed E-state index contributed by atoms with van der Waals surface area (Å²) in [7, 11) is 0. The fraction of sp³-hybridized carbons (Fsp3) is 0.273. The highest BCUT2D eigenvalue weighted by molar-refractivity contribution is 9.11. The summed E-state index contributed by atoms with van der Waals surface area (Å²) in [4.78, 5) is 1.88. The van der Waals surface area contributed by atoms with Crippen molar-refractivity contribution in [3.05, 3.63) is 40.4 Å². The molecule has 0 atom stereocenters. The summed E-state index contributed by atoms with van der Waals surface area (Å²) >= 11 is 3.25. The van der Waals surface area contributed by atoms with Crippen LogP contribution in [0.3, 0.4) is 0 Å². The average Bonchev–Trinajstić information content (AvgIpc) is 2.09. The van der Waals surface area contributed by atoms with Crippen molar-refractivity contribution in [3.63, 3.8) is 0 Å². The van der Waals surface area contributed by atoms with Gasteiger partial charge in [-0.2, -0.15) is 0 Å². The summed E-state index contributed by atoms with van der Waals surface area (Å²) in [5.74, 6) is 0. The molecule has 0 aliphatic heterocycles. The summed E-state index contributed by atoms with van der Waals surface area (Å²) in [5.41, 5.74) is 2.66. The van der Waals surface area contributed by atoms with E-state index < -0.39 is 0 Å². The third-order valence-electron chi connectivity index (χ3n) is 1.77. The minimum atomic E-state index is 1.18. The van der Waals surface area contributed by atoms with Crippen LogP contribution < -0.4 is 0 Å². The first-order valence-electron chi connectivity index (χ1n) is 4.22. The predicted octanol–water partition coefficient (Wildman–Crippen LogP) is 4.00. The molecule has 0 aliphatic carbocycles. The van der Waals surface area contributed by atoms with Crippen molar-refractivity contribution in [2.24, 2.45) is 0 Å². The first-order chi connectivity index (χ1) is 5.86. The monoisotopic (exact) mass is 224 g/mol. The van der Waals surface area contributed by atoms with Gasteiger partial charge < -0.3 is 0 Å². The van der Waals surface area contributed by atoms with Crippen molar-refractivity contribution >= 4 is 22.0 Å². The van der Waals surface area contributed by atoms with Crippen LogP contribution in [0.1, 0.15) is 24.5 Å². The molecule has 0 amide bonds. The van der Waals surface area contributed by atoms with Gasteiger partial charge >= 0.3 is 0 Å². The van der Waals surface area contributed by atoms with E-state index >= 15 is 0 Å². The molecule has 64 valence electrons. The lowest BCUT2D eigenvalue weighted by Crippen LogP contribution is -1.81. The van der Waals surface area contributed by atoms with E-state index in [9.17, 15) is 0 Å². The van der Waals surface area contributed by atoms with Crippen LogP contribution in [-0.4, -0.2) is 0 Å². The first-order valence-corrected chi connectivity index (χ1v) is 5.14. The van der Waals surface area contributed by atoms with Crippen LogP contribution in [-0.2, 0) is 6.42 Å². The summed E-state index contributed by atoms with van der Waals surface area (Å²) < 4.78 is 0. The van der Waals surface area contributed by atoms with Gasteiger partial charge in [0.15, 0.2) is 0 Å². The van der Waals surface area contributed by atoms with Gasteiger partial charge in [0.05, 0.1) is 0 Å². The maximum Gasteiger partial charge on any atom is -0.0183 e. The van der Waals surface area contributed by atoms with Crippen LogP contribution in [0.25, 0.3) is 6.08 Å². The predicted molar refractivity (Wildman–Crippen MR) is 58.4 cm³/mol. The van der Waals surface area contributed by atoms with E-state index in [4.69, 9.17) is 0 Å². The Labute approximate surface area is 82.4 Å². The van der Waals surface area contributed by atoms with E-state index in [1.807, 2.05) is 11.1 Å². The zero-order valence-electron chi connectivity index (χ0n) is 7.26. The highest BCUT2D eigenvalue weighted by Gasteiger charge is 1.89. The second kappa shape index (κ2) is 5.15. The molecule has 0 aliphatic rings. The van der Waals surface area contributed by atoms with Crippen molar-refractivity contribution in [3.8, 4) is 0 Å². The number of hydrogen-bond donors (Lipinski definition) is 0. The van der Waals surface area contributed by atoms with Crippen molar-refractivity contribution in [2.75, 3.05) is 0 Å². The molecule has 12 heavy (non-hydrogen) atoms. The Morgan fingerprint density at radius 1 is 1.25 bits per heavy atom. The summed E-state index contributed by atoms with van der Waals surface area (Å²) in [6, 6.07) is 8.66. The minimum Gasteiger partial charge on any atom is -0.0651 e. The van der Waals surface area contributed by atoms with Gasteiger partial charge in [-0.05, 0) is 28.6 Å². The maximum absolute atomic E-state index is 3.25. The zero-order chi connectivity index (χ0) is 8.81. The molecule has 0 saturated heterocycles. The quantitative estimate of drug-likeness (QED) is 0.729. The Morgan fingerprint density at radius 3 is 2.42 bits per heavy atom. The molecule has 1 aromatic carbocycles. The van der Waals surface area contributed by atoms with Gasteiger partial charge in [-0.1, -0.05) is 53.5 Å². The number of aryl methyl sites for hydroxylation is 1. The molecule has 0 spiro atoms. The fourth-order valence-corrected chi connectivity index (χ4v) is 1.46. The van der Waals surface area contributed by atoms with Gasteiger partial charge in [0.25, 0.3) is 0 Å². The number of rotatable bonds is 3. The second-order valence-electron chi connectivity index (χ2n) is 2.78. The van der Waals surface area contributed by atoms with Crippen molar-refractivity contribution in [1.29, 1.82) is 0 Å². The Hall–Kier alpha value is -0.560. The van der Waals surface area contributed by atoms with Crippen LogP contribution in [0.5, 0.6) is 0 Å². The van der Waals surface area contributed by atoms with Crippen LogP contribution in [0.2, 0.25) is 0 Å². The van der Waals surface area contributed by atoms with Crippen molar-refractivity contribution in [2.45, 2.75) is 19.8 Å². The molecule has 0 nitrogen and oxygen atoms in total. The molecule has 1 aromatic rings. The Bertz CT molecular complexity index is 246. The van der Waals surface area contributed by atoms with Gasteiger partial charge in [-0.3, -0.25) is 0 Å². The van der Waals surface area contributed by atoms with E-state index in [2.05, 4.69) is 47.1 Å². The van der Waals surface area contributed by atoms with Gasteiger partial charge in [0.2, 0.25) is 0 Å². The SMILES string of the molecule is CCCc1ccc(/C=C/Br)cc1. The average molecular weight is 225 g/mol. The second-order valence-corrected chi connectivity index (χ2v) is 3.31. The lowest BCUT2D eigenvalue weighted by molar-refractivity contribution is 0.922. The Morgan fingerprint density at radius 2 is 1.92 bits per heavy atom. The van der Waals surface area contributed by atoms with E-state index in [1.54, 1.807) is 0 Å². The van der Waals surface area contributed by atoms with E-state index in [1.165, 1.54) is 24.0 Å². The molecular weight excluding hydrogens is 212 g/mol. The molecule has 0 unspecified atom stereocenters. The van der Waals surface area contributed by atoms with E-state index in [-0.39, 0.29) is 0 Å². The van der Waals surface area contributed by atoms with Gasteiger partial charge in [-0.25, -0.2) is 0 Å². The van der Waals surface area contributed by atoms with Crippen molar-refractivity contribution in [1.82, 2.24) is 0 Å². The molecule has 0 radical (unpaired) electrons.